The lowest BCUT2D eigenvalue weighted by Gasteiger charge is -2.46. The standard InChI is InChI=1S/C27H34O2Si/c1-26(2,3)30(4,5)29-24-13-14-25-21(17-24)11-12-22-18-23(28)15-16-27(22,25)19-20-9-7-6-8-10-20/h6-10,13-17,22H,11-12,18-19H2,1-5H3/t22-,27?/m1/s1. The second-order valence-electron chi connectivity index (χ2n) is 10.6. The average Bonchev–Trinajstić information content (AvgIpc) is 2.68. The third kappa shape index (κ3) is 3.80. The summed E-state index contributed by atoms with van der Waals surface area (Å²) in [5.74, 6) is 1.64. The summed E-state index contributed by atoms with van der Waals surface area (Å²) in [6.07, 6.45) is 7.71. The van der Waals surface area contributed by atoms with Crippen molar-refractivity contribution in [3.63, 3.8) is 0 Å². The SMILES string of the molecule is CC(C)(C)[Si](C)(C)Oc1ccc2c(c1)CC[C@@H]1CC(=O)C=CC21Cc1ccccc1. The van der Waals surface area contributed by atoms with E-state index in [9.17, 15) is 4.79 Å². The molecule has 1 unspecified atom stereocenters. The molecular weight excluding hydrogens is 384 g/mol. The highest BCUT2D eigenvalue weighted by molar-refractivity contribution is 6.74. The predicted molar refractivity (Wildman–Crippen MR) is 127 cm³/mol. The monoisotopic (exact) mass is 418 g/mol. The first-order chi connectivity index (χ1) is 14.1. The Bertz CT molecular complexity index is 968. The largest absolute Gasteiger partial charge is 0.543 e. The molecule has 0 bridgehead atoms. The van der Waals surface area contributed by atoms with Crippen molar-refractivity contribution < 1.29 is 9.22 Å². The molecule has 0 spiro atoms. The van der Waals surface area contributed by atoms with Crippen molar-refractivity contribution in [1.82, 2.24) is 0 Å². The zero-order valence-electron chi connectivity index (χ0n) is 19.0. The van der Waals surface area contributed by atoms with Gasteiger partial charge in [-0.1, -0.05) is 63.2 Å². The van der Waals surface area contributed by atoms with Gasteiger partial charge in [0.15, 0.2) is 5.78 Å². The molecule has 158 valence electrons. The van der Waals surface area contributed by atoms with Gasteiger partial charge < -0.3 is 4.43 Å². The van der Waals surface area contributed by atoms with Gasteiger partial charge in [-0.05, 0) is 78.2 Å². The maximum atomic E-state index is 12.2. The van der Waals surface area contributed by atoms with Crippen molar-refractivity contribution in [2.45, 2.75) is 70.0 Å². The third-order valence-corrected chi connectivity index (χ3v) is 12.0. The zero-order valence-corrected chi connectivity index (χ0v) is 20.0. The number of hydrogen-bond donors (Lipinski definition) is 0. The molecule has 2 nitrogen and oxygen atoms in total. The van der Waals surface area contributed by atoms with Crippen molar-refractivity contribution in [3.8, 4) is 5.75 Å². The van der Waals surface area contributed by atoms with E-state index in [0.29, 0.717) is 12.3 Å². The maximum Gasteiger partial charge on any atom is 0.250 e. The Morgan fingerprint density at radius 2 is 1.83 bits per heavy atom. The van der Waals surface area contributed by atoms with Crippen molar-refractivity contribution >= 4 is 14.1 Å². The van der Waals surface area contributed by atoms with E-state index in [4.69, 9.17) is 4.43 Å². The van der Waals surface area contributed by atoms with Crippen LogP contribution in [-0.2, 0) is 23.1 Å². The Morgan fingerprint density at radius 3 is 2.53 bits per heavy atom. The Kier molecular flexibility index (Phi) is 5.30. The van der Waals surface area contributed by atoms with Crippen LogP contribution in [-0.4, -0.2) is 14.1 Å². The molecule has 0 saturated carbocycles. The van der Waals surface area contributed by atoms with Gasteiger partial charge in [-0.25, -0.2) is 0 Å². The summed E-state index contributed by atoms with van der Waals surface area (Å²) in [7, 11) is -1.87. The number of rotatable bonds is 4. The minimum atomic E-state index is -1.87. The van der Waals surface area contributed by atoms with Gasteiger partial charge in [0.25, 0.3) is 0 Å². The van der Waals surface area contributed by atoms with Crippen LogP contribution in [0.25, 0.3) is 0 Å². The first kappa shape index (κ1) is 21.1. The molecule has 2 aliphatic rings. The van der Waals surface area contributed by atoms with Gasteiger partial charge in [0.2, 0.25) is 8.32 Å². The summed E-state index contributed by atoms with van der Waals surface area (Å²) in [5.41, 5.74) is 4.00. The van der Waals surface area contributed by atoms with E-state index >= 15 is 0 Å². The topological polar surface area (TPSA) is 26.3 Å². The number of fused-ring (bicyclic) bond motifs is 3. The molecule has 0 aliphatic heterocycles. The summed E-state index contributed by atoms with van der Waals surface area (Å²) in [6, 6.07) is 17.4. The van der Waals surface area contributed by atoms with Crippen molar-refractivity contribution in [3.05, 3.63) is 77.4 Å². The van der Waals surface area contributed by atoms with Crippen LogP contribution in [0.4, 0.5) is 0 Å². The van der Waals surface area contributed by atoms with E-state index in [-0.39, 0.29) is 16.2 Å². The maximum absolute atomic E-state index is 12.2. The molecule has 2 aliphatic carbocycles. The highest BCUT2D eigenvalue weighted by Gasteiger charge is 2.45. The summed E-state index contributed by atoms with van der Waals surface area (Å²) < 4.78 is 6.60. The highest BCUT2D eigenvalue weighted by Crippen LogP contribution is 2.49. The lowest BCUT2D eigenvalue weighted by molar-refractivity contribution is -0.116. The van der Waals surface area contributed by atoms with Crippen molar-refractivity contribution in [2.24, 2.45) is 5.92 Å². The van der Waals surface area contributed by atoms with Crippen LogP contribution in [0.2, 0.25) is 18.1 Å². The van der Waals surface area contributed by atoms with Gasteiger partial charge in [0.05, 0.1) is 0 Å². The predicted octanol–water partition coefficient (Wildman–Crippen LogP) is 6.64. The summed E-state index contributed by atoms with van der Waals surface area (Å²) in [4.78, 5) is 12.2. The molecular formula is C27H34O2Si. The molecule has 0 fully saturated rings. The van der Waals surface area contributed by atoms with Gasteiger partial charge in [-0.3, -0.25) is 4.79 Å². The van der Waals surface area contributed by atoms with Gasteiger partial charge in [0.1, 0.15) is 5.75 Å². The molecule has 0 amide bonds. The third-order valence-electron chi connectivity index (χ3n) is 7.60. The fraction of sp³-hybridized carbons (Fsp3) is 0.444. The van der Waals surface area contributed by atoms with Gasteiger partial charge in [0, 0.05) is 11.8 Å². The molecule has 0 N–H and O–H groups in total. The van der Waals surface area contributed by atoms with E-state index < -0.39 is 8.32 Å². The van der Waals surface area contributed by atoms with Crippen LogP contribution in [0.15, 0.2) is 60.7 Å². The fourth-order valence-corrected chi connectivity index (χ4v) is 5.87. The van der Waals surface area contributed by atoms with Gasteiger partial charge in [-0.15, -0.1) is 0 Å². The van der Waals surface area contributed by atoms with E-state index in [1.165, 1.54) is 16.7 Å². The molecule has 0 heterocycles. The Hall–Kier alpha value is -2.13. The number of ketones is 1. The Morgan fingerprint density at radius 1 is 1.10 bits per heavy atom. The first-order valence-corrected chi connectivity index (χ1v) is 14.1. The Labute approximate surface area is 182 Å². The number of hydrogen-bond acceptors (Lipinski definition) is 2. The minimum absolute atomic E-state index is 0.0989. The van der Waals surface area contributed by atoms with Crippen LogP contribution < -0.4 is 4.43 Å². The first-order valence-electron chi connectivity index (χ1n) is 11.2. The molecule has 2 aromatic carbocycles. The summed E-state index contributed by atoms with van der Waals surface area (Å²) in [6.45, 7) is 11.4. The van der Waals surface area contributed by atoms with E-state index in [2.05, 4.69) is 88.5 Å². The lowest BCUT2D eigenvalue weighted by atomic mass is 9.57. The quantitative estimate of drug-likeness (QED) is 0.520. The number of allylic oxidation sites excluding steroid dienone is 2. The van der Waals surface area contributed by atoms with Crippen LogP contribution in [0.3, 0.4) is 0 Å². The summed E-state index contributed by atoms with van der Waals surface area (Å²) >= 11 is 0. The molecule has 3 heteroatoms. The van der Waals surface area contributed by atoms with E-state index in [0.717, 1.165) is 25.0 Å². The molecule has 0 saturated heterocycles. The molecule has 2 atom stereocenters. The second-order valence-corrected chi connectivity index (χ2v) is 15.3. The van der Waals surface area contributed by atoms with Gasteiger partial charge in [-0.2, -0.15) is 0 Å². The van der Waals surface area contributed by atoms with Crippen molar-refractivity contribution in [2.75, 3.05) is 0 Å². The zero-order chi connectivity index (χ0) is 21.6. The molecule has 0 aromatic heterocycles. The highest BCUT2D eigenvalue weighted by atomic mass is 28.4. The number of carbonyl (C=O) groups is 1. The molecule has 2 aromatic rings. The molecule has 30 heavy (non-hydrogen) atoms. The van der Waals surface area contributed by atoms with Crippen LogP contribution in [0.5, 0.6) is 5.75 Å². The van der Waals surface area contributed by atoms with Crippen LogP contribution in [0.1, 0.15) is 50.3 Å². The van der Waals surface area contributed by atoms with Gasteiger partial charge >= 0.3 is 0 Å². The average molecular weight is 419 g/mol. The molecule has 0 radical (unpaired) electrons. The number of carbonyl (C=O) groups excluding carboxylic acids is 1. The summed E-state index contributed by atoms with van der Waals surface area (Å²) in [5, 5.41) is 0.176. The number of aryl methyl sites for hydroxylation is 1. The van der Waals surface area contributed by atoms with Crippen LogP contribution in [0, 0.1) is 5.92 Å². The fourth-order valence-electron chi connectivity index (χ4n) is 4.84. The van der Waals surface area contributed by atoms with E-state index in [1.807, 2.05) is 6.08 Å². The van der Waals surface area contributed by atoms with Crippen molar-refractivity contribution in [1.29, 1.82) is 0 Å². The lowest BCUT2D eigenvalue weighted by Crippen LogP contribution is -2.44. The smallest absolute Gasteiger partial charge is 0.250 e. The van der Waals surface area contributed by atoms with Crippen LogP contribution >= 0.6 is 0 Å². The number of benzene rings is 2. The Balaban J connectivity index is 1.74. The normalized spacial score (nSPS) is 23.6. The minimum Gasteiger partial charge on any atom is -0.543 e. The second kappa shape index (κ2) is 7.53. The van der Waals surface area contributed by atoms with E-state index in [1.54, 1.807) is 0 Å². The molecule has 4 rings (SSSR count).